The normalized spacial score (nSPS) is 11.0. The first-order chi connectivity index (χ1) is 16.2. The maximum Gasteiger partial charge on any atom is 0.251 e. The van der Waals surface area contributed by atoms with Gasteiger partial charge < -0.3 is 15.5 Å². The highest BCUT2D eigenvalue weighted by Crippen LogP contribution is 2.20. The molecule has 3 aromatic rings. The molecule has 0 fully saturated rings. The van der Waals surface area contributed by atoms with E-state index in [9.17, 15) is 14.0 Å². The Morgan fingerprint density at radius 3 is 2.44 bits per heavy atom. The number of carbonyl (C=O) groups is 2. The van der Waals surface area contributed by atoms with Crippen molar-refractivity contribution in [3.8, 4) is 5.69 Å². The third kappa shape index (κ3) is 6.42. The van der Waals surface area contributed by atoms with Crippen LogP contribution in [0.5, 0.6) is 0 Å². The first kappa shape index (κ1) is 25.4. The van der Waals surface area contributed by atoms with E-state index >= 15 is 0 Å². The van der Waals surface area contributed by atoms with Crippen LogP contribution in [0.4, 0.5) is 4.39 Å². The van der Waals surface area contributed by atoms with Crippen molar-refractivity contribution in [2.24, 2.45) is 0 Å². The van der Waals surface area contributed by atoms with Crippen molar-refractivity contribution in [1.82, 2.24) is 25.3 Å². The number of nitrogens with zero attached hydrogens (tertiary/aromatic N) is 3. The van der Waals surface area contributed by atoms with Crippen molar-refractivity contribution in [3.05, 3.63) is 81.4 Å². The summed E-state index contributed by atoms with van der Waals surface area (Å²) >= 11 is 6.03. The third-order valence-corrected chi connectivity index (χ3v) is 5.84. The highest BCUT2D eigenvalue weighted by Gasteiger charge is 2.17. The second-order valence-electron chi connectivity index (χ2n) is 8.36. The topological polar surface area (TPSA) is 79.3 Å². The molecule has 180 valence electrons. The maximum absolute atomic E-state index is 13.2. The predicted octanol–water partition coefficient (Wildman–Crippen LogP) is 3.43. The van der Waals surface area contributed by atoms with E-state index in [1.807, 2.05) is 45.0 Å². The lowest BCUT2D eigenvalue weighted by Gasteiger charge is -2.11. The molecule has 0 radical (unpaired) electrons. The predicted molar refractivity (Wildman–Crippen MR) is 131 cm³/mol. The largest absolute Gasteiger partial charge is 0.352 e. The van der Waals surface area contributed by atoms with Gasteiger partial charge in [0, 0.05) is 41.5 Å². The number of aromatic nitrogens is 2. The van der Waals surface area contributed by atoms with E-state index in [0.717, 1.165) is 29.2 Å². The molecular formula is C25H29ClFN5O2. The lowest BCUT2D eigenvalue weighted by Crippen LogP contribution is -2.31. The van der Waals surface area contributed by atoms with E-state index in [4.69, 9.17) is 11.6 Å². The van der Waals surface area contributed by atoms with Crippen molar-refractivity contribution in [2.45, 2.75) is 26.8 Å². The minimum absolute atomic E-state index is 0.125. The Morgan fingerprint density at radius 2 is 1.79 bits per heavy atom. The van der Waals surface area contributed by atoms with Gasteiger partial charge in [-0.1, -0.05) is 17.7 Å². The van der Waals surface area contributed by atoms with E-state index in [1.54, 1.807) is 22.9 Å². The number of amides is 2. The molecule has 0 atom stereocenters. The average Bonchev–Trinajstić information content (AvgIpc) is 3.06. The van der Waals surface area contributed by atoms with Crippen LogP contribution in [0.25, 0.3) is 5.69 Å². The maximum atomic E-state index is 13.2. The molecule has 2 N–H and O–H groups in total. The van der Waals surface area contributed by atoms with Gasteiger partial charge in [-0.25, -0.2) is 9.07 Å². The summed E-state index contributed by atoms with van der Waals surface area (Å²) in [6.45, 7) is 5.31. The lowest BCUT2D eigenvalue weighted by atomic mass is 10.1. The second kappa shape index (κ2) is 11.3. The fraction of sp³-hybridized carbons (Fsp3) is 0.320. The van der Waals surface area contributed by atoms with Crippen LogP contribution in [0.1, 0.15) is 32.9 Å². The van der Waals surface area contributed by atoms with Crippen molar-refractivity contribution >= 4 is 23.4 Å². The van der Waals surface area contributed by atoms with E-state index in [1.165, 1.54) is 12.1 Å². The van der Waals surface area contributed by atoms with E-state index in [2.05, 4.69) is 15.7 Å². The molecule has 0 aliphatic heterocycles. The summed E-state index contributed by atoms with van der Waals surface area (Å²) in [4.78, 5) is 26.9. The molecule has 0 aliphatic carbocycles. The number of hydrogen-bond donors (Lipinski definition) is 2. The van der Waals surface area contributed by atoms with Gasteiger partial charge in [0.15, 0.2) is 0 Å². The van der Waals surface area contributed by atoms with Crippen molar-refractivity contribution in [2.75, 3.05) is 27.2 Å². The van der Waals surface area contributed by atoms with Crippen LogP contribution in [0, 0.1) is 19.7 Å². The SMILES string of the molecule is Cc1nn(-c2ccc(C(=O)NCCN(C)C)cc2)c(C)c1CC(=O)NCc1ccc(F)cc1Cl. The summed E-state index contributed by atoms with van der Waals surface area (Å²) in [7, 11) is 3.91. The van der Waals surface area contributed by atoms with Gasteiger partial charge in [0.1, 0.15) is 5.82 Å². The fourth-order valence-corrected chi connectivity index (χ4v) is 3.75. The highest BCUT2D eigenvalue weighted by atomic mass is 35.5. The second-order valence-corrected chi connectivity index (χ2v) is 8.76. The molecule has 0 saturated carbocycles. The van der Waals surface area contributed by atoms with Crippen LogP contribution < -0.4 is 10.6 Å². The van der Waals surface area contributed by atoms with Crippen molar-refractivity contribution in [3.63, 3.8) is 0 Å². The van der Waals surface area contributed by atoms with Crippen molar-refractivity contribution < 1.29 is 14.0 Å². The number of likely N-dealkylation sites (N-methyl/N-ethyl adjacent to an activating group) is 1. The molecule has 2 amide bonds. The Hall–Kier alpha value is -3.23. The Balaban J connectivity index is 1.65. The number of benzene rings is 2. The number of hydrogen-bond acceptors (Lipinski definition) is 4. The molecule has 0 aliphatic rings. The van der Waals surface area contributed by atoms with E-state index < -0.39 is 5.82 Å². The van der Waals surface area contributed by atoms with Crippen molar-refractivity contribution in [1.29, 1.82) is 0 Å². The number of aryl methyl sites for hydroxylation is 1. The molecule has 9 heteroatoms. The molecule has 0 spiro atoms. The minimum atomic E-state index is -0.420. The number of halogens is 2. The Kier molecular flexibility index (Phi) is 8.41. The molecule has 0 bridgehead atoms. The molecule has 34 heavy (non-hydrogen) atoms. The summed E-state index contributed by atoms with van der Waals surface area (Å²) in [5.41, 5.74) is 4.44. The average molecular weight is 486 g/mol. The van der Waals surface area contributed by atoms with Crippen LogP contribution in [0.15, 0.2) is 42.5 Å². The van der Waals surface area contributed by atoms with Gasteiger partial charge in [-0.15, -0.1) is 0 Å². The zero-order valence-electron chi connectivity index (χ0n) is 19.8. The minimum Gasteiger partial charge on any atom is -0.352 e. The van der Waals surface area contributed by atoms with Crippen LogP contribution in [-0.2, 0) is 17.8 Å². The smallest absolute Gasteiger partial charge is 0.251 e. The number of carbonyl (C=O) groups excluding carboxylic acids is 2. The zero-order chi connectivity index (χ0) is 24.8. The monoisotopic (exact) mass is 485 g/mol. The van der Waals surface area contributed by atoms with E-state index in [0.29, 0.717) is 17.7 Å². The number of nitrogens with one attached hydrogen (secondary N) is 2. The third-order valence-electron chi connectivity index (χ3n) is 5.49. The van der Waals surface area contributed by atoms with Gasteiger partial charge >= 0.3 is 0 Å². The Morgan fingerprint density at radius 1 is 1.09 bits per heavy atom. The number of rotatable bonds is 9. The van der Waals surface area contributed by atoms with Crippen LogP contribution >= 0.6 is 11.6 Å². The quantitative estimate of drug-likeness (QED) is 0.486. The zero-order valence-corrected chi connectivity index (χ0v) is 20.5. The Labute approximate surface area is 203 Å². The molecule has 7 nitrogen and oxygen atoms in total. The van der Waals surface area contributed by atoms with E-state index in [-0.39, 0.29) is 29.8 Å². The molecular weight excluding hydrogens is 457 g/mol. The molecule has 2 aromatic carbocycles. The van der Waals surface area contributed by atoms with Gasteiger partial charge in [0.2, 0.25) is 5.91 Å². The molecule has 1 heterocycles. The molecule has 3 rings (SSSR count). The van der Waals surface area contributed by atoms with Gasteiger partial charge in [-0.2, -0.15) is 5.10 Å². The van der Waals surface area contributed by atoms with Gasteiger partial charge in [0.05, 0.1) is 17.8 Å². The van der Waals surface area contributed by atoms with Gasteiger partial charge in [0.25, 0.3) is 5.91 Å². The lowest BCUT2D eigenvalue weighted by molar-refractivity contribution is -0.120. The summed E-state index contributed by atoms with van der Waals surface area (Å²) in [5, 5.41) is 10.6. The summed E-state index contributed by atoms with van der Waals surface area (Å²) in [5.74, 6) is -0.729. The standard InChI is InChI=1S/C25H29ClFN5O2/c1-16-22(14-24(33)29-15-19-5-8-20(27)13-23(19)26)17(2)32(30-16)21-9-6-18(7-10-21)25(34)28-11-12-31(3)4/h5-10,13H,11-12,14-15H2,1-4H3,(H,28,34)(H,29,33). The van der Waals surface area contributed by atoms with Crippen LogP contribution in [-0.4, -0.2) is 53.7 Å². The molecule has 0 saturated heterocycles. The first-order valence-electron chi connectivity index (χ1n) is 10.9. The van der Waals surface area contributed by atoms with Gasteiger partial charge in [-0.05, 0) is 69.9 Å². The van der Waals surface area contributed by atoms with Crippen LogP contribution in [0.3, 0.4) is 0 Å². The summed E-state index contributed by atoms with van der Waals surface area (Å²) in [6, 6.07) is 11.3. The summed E-state index contributed by atoms with van der Waals surface area (Å²) in [6.07, 6.45) is 0.156. The molecule has 0 unspecified atom stereocenters. The Bertz CT molecular complexity index is 1170. The van der Waals surface area contributed by atoms with Gasteiger partial charge in [-0.3, -0.25) is 9.59 Å². The first-order valence-corrected chi connectivity index (χ1v) is 11.3. The fourth-order valence-electron chi connectivity index (χ4n) is 3.51. The molecule has 1 aromatic heterocycles. The highest BCUT2D eigenvalue weighted by molar-refractivity contribution is 6.31. The summed E-state index contributed by atoms with van der Waals surface area (Å²) < 4.78 is 15.0. The van der Waals surface area contributed by atoms with Crippen LogP contribution in [0.2, 0.25) is 5.02 Å².